The summed E-state index contributed by atoms with van der Waals surface area (Å²) in [5.74, 6) is -1.21. The van der Waals surface area contributed by atoms with Gasteiger partial charge in [-0.2, -0.15) is 26.3 Å². The number of hydrogen-bond acceptors (Lipinski definition) is 4. The molecule has 0 aliphatic carbocycles. The molecule has 1 N–H and O–H groups in total. The van der Waals surface area contributed by atoms with Crippen LogP contribution in [0, 0.1) is 0 Å². The Morgan fingerprint density at radius 1 is 1.03 bits per heavy atom. The Morgan fingerprint density at radius 3 is 2.28 bits per heavy atom. The fourth-order valence-corrected chi connectivity index (χ4v) is 4.17. The van der Waals surface area contributed by atoms with Gasteiger partial charge in [-0.15, -0.1) is 0 Å². The number of alkyl halides is 6. The Kier molecular flexibility index (Phi) is 6.84. The molecule has 0 spiro atoms. The number of nitrogens with zero attached hydrogens (tertiary/aromatic N) is 2. The molecule has 1 fully saturated rings. The van der Waals surface area contributed by atoms with Crippen LogP contribution in [-0.2, 0) is 26.0 Å². The molecule has 6 nitrogen and oxygen atoms in total. The number of benzene rings is 2. The Labute approximate surface area is 201 Å². The van der Waals surface area contributed by atoms with E-state index in [1.807, 2.05) is 0 Å². The van der Waals surface area contributed by atoms with E-state index in [1.54, 1.807) is 0 Å². The van der Waals surface area contributed by atoms with Crippen molar-refractivity contribution in [2.45, 2.75) is 24.0 Å². The van der Waals surface area contributed by atoms with Crippen molar-refractivity contribution in [3.63, 3.8) is 0 Å². The summed E-state index contributed by atoms with van der Waals surface area (Å²) in [5, 5.41) is 0. The first-order chi connectivity index (χ1) is 17.0. The second kappa shape index (κ2) is 9.58. The molecule has 1 amide bonds. The van der Waals surface area contributed by atoms with E-state index in [-0.39, 0.29) is 31.1 Å². The van der Waals surface area contributed by atoms with Gasteiger partial charge in [-0.05, 0) is 17.7 Å². The highest BCUT2D eigenvalue weighted by Crippen LogP contribution is 2.45. The second-order valence-electron chi connectivity index (χ2n) is 8.10. The maximum absolute atomic E-state index is 14.4. The molecule has 2 aromatic carbocycles. The van der Waals surface area contributed by atoms with Crippen LogP contribution in [-0.4, -0.2) is 53.8 Å². The van der Waals surface area contributed by atoms with Crippen LogP contribution in [0.5, 0.6) is 0 Å². The normalized spacial score (nSPS) is 18.6. The summed E-state index contributed by atoms with van der Waals surface area (Å²) in [6.45, 7) is -0.298. The molecule has 0 unspecified atom stereocenters. The molecule has 1 saturated heterocycles. The predicted octanol–water partition coefficient (Wildman–Crippen LogP) is 5.10. The molecule has 0 radical (unpaired) electrons. The maximum Gasteiger partial charge on any atom is 0.430 e. The van der Waals surface area contributed by atoms with Crippen molar-refractivity contribution in [1.82, 2.24) is 14.9 Å². The predicted molar refractivity (Wildman–Crippen MR) is 115 cm³/mol. The number of H-pyrrole nitrogens is 1. The number of ether oxygens (including phenoxy) is 2. The molecule has 3 aromatic rings. The van der Waals surface area contributed by atoms with Crippen molar-refractivity contribution in [3.05, 3.63) is 77.7 Å². The zero-order valence-electron chi connectivity index (χ0n) is 18.9. The van der Waals surface area contributed by atoms with Gasteiger partial charge in [-0.3, -0.25) is 4.79 Å². The van der Waals surface area contributed by atoms with Crippen molar-refractivity contribution in [2.75, 3.05) is 26.9 Å². The third kappa shape index (κ3) is 4.58. The van der Waals surface area contributed by atoms with Gasteiger partial charge in [0.05, 0.1) is 30.7 Å². The molecule has 2 heterocycles. The number of methoxy groups -OCH3 is 1. The van der Waals surface area contributed by atoms with E-state index in [0.29, 0.717) is 11.3 Å². The van der Waals surface area contributed by atoms with Gasteiger partial charge in [-0.1, -0.05) is 42.5 Å². The number of amides is 1. The van der Waals surface area contributed by atoms with Crippen molar-refractivity contribution in [2.24, 2.45) is 0 Å². The van der Waals surface area contributed by atoms with Gasteiger partial charge in [0.1, 0.15) is 11.9 Å². The van der Waals surface area contributed by atoms with E-state index in [0.717, 1.165) is 24.1 Å². The third-order valence-electron chi connectivity index (χ3n) is 6.01. The Bertz CT molecular complexity index is 1190. The van der Waals surface area contributed by atoms with Gasteiger partial charge in [-0.25, -0.2) is 4.98 Å². The molecule has 1 aromatic heterocycles. The van der Waals surface area contributed by atoms with E-state index < -0.39 is 35.5 Å². The number of nitrogens with one attached hydrogen (secondary N) is 1. The average Bonchev–Trinajstić information content (AvgIpc) is 3.34. The number of imidazole rings is 1. The molecule has 12 heteroatoms. The van der Waals surface area contributed by atoms with Crippen LogP contribution >= 0.6 is 0 Å². The van der Waals surface area contributed by atoms with E-state index >= 15 is 0 Å². The average molecular weight is 513 g/mol. The van der Waals surface area contributed by atoms with Crippen molar-refractivity contribution in [3.8, 4) is 11.3 Å². The standard InChI is InChI=1S/C24H21F6N3O3/c1-35-22(24(28,29)30,16-5-3-2-4-6-16)21(34)33-11-12-36-14-19(33)20-31-13-18(32-20)15-7-9-17(10-8-15)23(25,26)27/h2-10,13,19H,11-12,14H2,1H3,(H,31,32)/t19-,22+/m0/s1. The molecule has 36 heavy (non-hydrogen) atoms. The third-order valence-corrected chi connectivity index (χ3v) is 6.01. The number of carbonyl (C=O) groups excluding carboxylic acids is 1. The second-order valence-corrected chi connectivity index (χ2v) is 8.10. The Hall–Kier alpha value is -3.38. The molecule has 4 rings (SSSR count). The molecule has 1 aliphatic heterocycles. The molecule has 192 valence electrons. The van der Waals surface area contributed by atoms with Crippen LogP contribution in [0.3, 0.4) is 0 Å². The zero-order valence-corrected chi connectivity index (χ0v) is 18.9. The van der Waals surface area contributed by atoms with Crippen LogP contribution in [0.4, 0.5) is 26.3 Å². The number of aromatic nitrogens is 2. The molecule has 0 saturated carbocycles. The number of halogens is 6. The largest absolute Gasteiger partial charge is 0.430 e. The summed E-state index contributed by atoms with van der Waals surface area (Å²) in [5.41, 5.74) is -3.75. The topological polar surface area (TPSA) is 67.4 Å². The van der Waals surface area contributed by atoms with E-state index in [9.17, 15) is 31.1 Å². The van der Waals surface area contributed by atoms with E-state index in [1.165, 1.54) is 48.7 Å². The van der Waals surface area contributed by atoms with Gasteiger partial charge in [0.25, 0.3) is 11.5 Å². The van der Waals surface area contributed by atoms with Crippen LogP contribution in [0.1, 0.15) is 23.0 Å². The van der Waals surface area contributed by atoms with Crippen LogP contribution in [0.25, 0.3) is 11.3 Å². The summed E-state index contributed by atoms with van der Waals surface area (Å²) in [4.78, 5) is 21.7. The first kappa shape index (κ1) is 25.7. The lowest BCUT2D eigenvalue weighted by Gasteiger charge is -2.42. The summed E-state index contributed by atoms with van der Waals surface area (Å²) in [6.07, 6.45) is -8.25. The van der Waals surface area contributed by atoms with Gasteiger partial charge in [0.2, 0.25) is 0 Å². The lowest BCUT2D eigenvalue weighted by Crippen LogP contribution is -2.59. The molecule has 0 bridgehead atoms. The lowest BCUT2D eigenvalue weighted by molar-refractivity contribution is -0.272. The molecule has 1 aliphatic rings. The summed E-state index contributed by atoms with van der Waals surface area (Å²) < 4.78 is 92.2. The van der Waals surface area contributed by atoms with E-state index in [2.05, 4.69) is 9.97 Å². The molecular formula is C24H21F6N3O3. The van der Waals surface area contributed by atoms with Crippen LogP contribution < -0.4 is 0 Å². The molecular weight excluding hydrogens is 492 g/mol. The maximum atomic E-state index is 14.4. The van der Waals surface area contributed by atoms with Crippen LogP contribution in [0.2, 0.25) is 0 Å². The number of hydrogen-bond donors (Lipinski definition) is 1. The summed E-state index contributed by atoms with van der Waals surface area (Å²) >= 11 is 0. The number of aromatic amines is 1. The number of morpholine rings is 1. The minimum atomic E-state index is -5.09. The van der Waals surface area contributed by atoms with Crippen molar-refractivity contribution < 1.29 is 40.6 Å². The fourth-order valence-electron chi connectivity index (χ4n) is 4.17. The molecule has 2 atom stereocenters. The van der Waals surface area contributed by atoms with Crippen molar-refractivity contribution in [1.29, 1.82) is 0 Å². The van der Waals surface area contributed by atoms with Gasteiger partial charge >= 0.3 is 12.4 Å². The van der Waals surface area contributed by atoms with Gasteiger partial charge < -0.3 is 19.4 Å². The first-order valence-corrected chi connectivity index (χ1v) is 10.8. The fraction of sp³-hybridized carbons (Fsp3) is 0.333. The quantitative estimate of drug-likeness (QED) is 0.483. The lowest BCUT2D eigenvalue weighted by atomic mass is 9.90. The SMILES string of the molecule is CO[C@@](C(=O)N1CCOC[C@H]1c1ncc(-c2ccc(C(F)(F)F)cc2)[nH]1)(c1ccccc1)C(F)(F)F. The summed E-state index contributed by atoms with van der Waals surface area (Å²) in [6, 6.07) is 9.90. The highest BCUT2D eigenvalue weighted by atomic mass is 19.4. The number of rotatable bonds is 5. The minimum Gasteiger partial charge on any atom is -0.377 e. The van der Waals surface area contributed by atoms with Crippen molar-refractivity contribution >= 4 is 5.91 Å². The minimum absolute atomic E-state index is 0.00114. The number of carbonyl (C=O) groups is 1. The smallest absolute Gasteiger partial charge is 0.377 e. The Balaban J connectivity index is 1.68. The zero-order chi connectivity index (χ0) is 26.1. The summed E-state index contributed by atoms with van der Waals surface area (Å²) in [7, 11) is 0.823. The monoisotopic (exact) mass is 513 g/mol. The van der Waals surface area contributed by atoms with Gasteiger partial charge in [0.15, 0.2) is 0 Å². The van der Waals surface area contributed by atoms with Gasteiger partial charge in [0, 0.05) is 19.2 Å². The first-order valence-electron chi connectivity index (χ1n) is 10.8. The van der Waals surface area contributed by atoms with E-state index in [4.69, 9.17) is 9.47 Å². The Morgan fingerprint density at radius 2 is 1.69 bits per heavy atom. The highest BCUT2D eigenvalue weighted by Gasteiger charge is 2.64. The highest BCUT2D eigenvalue weighted by molar-refractivity contribution is 5.88. The van der Waals surface area contributed by atoms with Crippen LogP contribution in [0.15, 0.2) is 60.8 Å².